The average Bonchev–Trinajstić information content (AvgIpc) is 3.16. The van der Waals surface area contributed by atoms with Gasteiger partial charge in [-0.1, -0.05) is 12.1 Å². The van der Waals surface area contributed by atoms with E-state index in [0.717, 1.165) is 0 Å². The van der Waals surface area contributed by atoms with E-state index in [1.807, 2.05) is 0 Å². The fourth-order valence-corrected chi connectivity index (χ4v) is 3.74. The first-order chi connectivity index (χ1) is 15.4. The Morgan fingerprint density at radius 3 is 2.19 bits per heavy atom. The Kier molecular flexibility index (Phi) is 5.31. The van der Waals surface area contributed by atoms with Crippen LogP contribution in [0.5, 0.6) is 17.2 Å². The SMILES string of the molecule is COc1cc(/C=c2\c(=O)[nH][nH]\c2=C2\C(=O)c3ccccc3N(C)C2=O)cc(OC)c1OC. The number of anilines is 1. The van der Waals surface area contributed by atoms with Gasteiger partial charge in [0.05, 0.1) is 37.6 Å². The number of hydrogen-bond acceptors (Lipinski definition) is 6. The fourth-order valence-electron chi connectivity index (χ4n) is 3.74. The van der Waals surface area contributed by atoms with Crippen LogP contribution < -0.4 is 35.2 Å². The number of hydrogen-bond donors (Lipinski definition) is 2. The van der Waals surface area contributed by atoms with Crippen LogP contribution in [0.4, 0.5) is 5.69 Å². The number of aromatic amines is 2. The van der Waals surface area contributed by atoms with E-state index in [2.05, 4.69) is 10.2 Å². The van der Waals surface area contributed by atoms with Crippen molar-refractivity contribution >= 4 is 29.0 Å². The number of nitrogens with zero attached hydrogens (tertiary/aromatic N) is 1. The number of H-pyrrole nitrogens is 2. The van der Waals surface area contributed by atoms with Crippen molar-refractivity contribution in [2.24, 2.45) is 0 Å². The first kappa shape index (κ1) is 21.0. The van der Waals surface area contributed by atoms with E-state index in [4.69, 9.17) is 14.2 Å². The highest BCUT2D eigenvalue weighted by molar-refractivity contribution is 6.51. The van der Waals surface area contributed by atoms with Crippen LogP contribution in [-0.4, -0.2) is 50.3 Å². The van der Waals surface area contributed by atoms with Gasteiger partial charge in [-0.2, -0.15) is 0 Å². The van der Waals surface area contributed by atoms with Crippen molar-refractivity contribution in [3.05, 3.63) is 68.4 Å². The van der Waals surface area contributed by atoms with Crippen molar-refractivity contribution in [3.8, 4) is 17.2 Å². The number of aromatic nitrogens is 2. The molecule has 9 heteroatoms. The number of carbonyl (C=O) groups is 2. The number of Topliss-reactive ketones (excluding diaryl/α,β-unsaturated/α-hetero) is 1. The van der Waals surface area contributed by atoms with Gasteiger partial charge in [-0.15, -0.1) is 0 Å². The molecule has 2 aromatic carbocycles. The van der Waals surface area contributed by atoms with Gasteiger partial charge in [-0.3, -0.25) is 24.6 Å². The molecule has 0 spiro atoms. The van der Waals surface area contributed by atoms with Gasteiger partial charge < -0.3 is 19.1 Å². The Morgan fingerprint density at radius 2 is 1.56 bits per heavy atom. The summed E-state index contributed by atoms with van der Waals surface area (Å²) in [6.45, 7) is 0. The summed E-state index contributed by atoms with van der Waals surface area (Å²) in [6, 6.07) is 10.1. The lowest BCUT2D eigenvalue weighted by Gasteiger charge is -2.25. The van der Waals surface area contributed by atoms with E-state index in [1.165, 1.54) is 26.2 Å². The Hall–Kier alpha value is -4.27. The largest absolute Gasteiger partial charge is 0.493 e. The molecule has 9 nitrogen and oxygen atoms in total. The minimum absolute atomic E-state index is 0.111. The van der Waals surface area contributed by atoms with Crippen molar-refractivity contribution in [1.29, 1.82) is 0 Å². The van der Waals surface area contributed by atoms with E-state index in [9.17, 15) is 14.4 Å². The van der Waals surface area contributed by atoms with E-state index in [1.54, 1.807) is 49.5 Å². The second kappa shape index (κ2) is 8.10. The van der Waals surface area contributed by atoms with Crippen LogP contribution in [0.25, 0.3) is 11.6 Å². The molecule has 0 unspecified atom stereocenters. The molecular weight excluding hydrogens is 414 g/mol. The molecule has 1 aliphatic rings. The summed E-state index contributed by atoms with van der Waals surface area (Å²) in [5.74, 6) is 0.234. The summed E-state index contributed by atoms with van der Waals surface area (Å²) < 4.78 is 16.1. The number of rotatable bonds is 4. The number of para-hydroxylation sites is 1. The number of nitrogens with one attached hydrogen (secondary N) is 2. The van der Waals surface area contributed by atoms with Crippen LogP contribution in [-0.2, 0) is 4.79 Å². The van der Waals surface area contributed by atoms with Gasteiger partial charge in [0.2, 0.25) is 11.5 Å². The van der Waals surface area contributed by atoms with Gasteiger partial charge in [0.1, 0.15) is 5.57 Å². The maximum atomic E-state index is 13.2. The first-order valence-corrected chi connectivity index (χ1v) is 9.65. The number of carbonyl (C=O) groups excluding carboxylic acids is 2. The second-order valence-electron chi connectivity index (χ2n) is 7.06. The van der Waals surface area contributed by atoms with Gasteiger partial charge in [-0.25, -0.2) is 0 Å². The van der Waals surface area contributed by atoms with Gasteiger partial charge in [0, 0.05) is 12.6 Å². The fraction of sp³-hybridized carbons (Fsp3) is 0.174. The highest BCUT2D eigenvalue weighted by atomic mass is 16.5. The van der Waals surface area contributed by atoms with E-state index in [0.29, 0.717) is 34.1 Å². The summed E-state index contributed by atoms with van der Waals surface area (Å²) in [6.07, 6.45) is 1.54. The summed E-state index contributed by atoms with van der Waals surface area (Å²) in [4.78, 5) is 40.2. The van der Waals surface area contributed by atoms with Crippen LogP contribution >= 0.6 is 0 Å². The van der Waals surface area contributed by atoms with Crippen LogP contribution in [0.3, 0.4) is 0 Å². The molecule has 0 radical (unpaired) electrons. The molecule has 164 valence electrons. The number of ketones is 1. The third-order valence-corrected chi connectivity index (χ3v) is 5.32. The predicted octanol–water partition coefficient (Wildman–Crippen LogP) is 0.568. The minimum Gasteiger partial charge on any atom is -0.493 e. The van der Waals surface area contributed by atoms with Crippen LogP contribution in [0.1, 0.15) is 15.9 Å². The van der Waals surface area contributed by atoms with E-state index < -0.39 is 17.2 Å². The summed E-state index contributed by atoms with van der Waals surface area (Å²) in [5, 5.41) is 5.41. The molecule has 3 aromatic rings. The van der Waals surface area contributed by atoms with E-state index in [-0.39, 0.29) is 16.1 Å². The zero-order valence-electron chi connectivity index (χ0n) is 17.9. The number of amides is 1. The van der Waals surface area contributed by atoms with E-state index >= 15 is 0 Å². The topological polar surface area (TPSA) is 114 Å². The molecule has 2 heterocycles. The zero-order valence-corrected chi connectivity index (χ0v) is 17.9. The lowest BCUT2D eigenvalue weighted by Crippen LogP contribution is -2.44. The molecule has 0 aliphatic carbocycles. The van der Waals surface area contributed by atoms with Crippen molar-refractivity contribution in [2.75, 3.05) is 33.3 Å². The monoisotopic (exact) mass is 435 g/mol. The second-order valence-corrected chi connectivity index (χ2v) is 7.06. The Labute approximate surface area is 182 Å². The van der Waals surface area contributed by atoms with Crippen LogP contribution in [0, 0.1) is 0 Å². The Morgan fingerprint density at radius 1 is 0.906 bits per heavy atom. The van der Waals surface area contributed by atoms with Gasteiger partial charge in [0.15, 0.2) is 11.5 Å². The van der Waals surface area contributed by atoms with Crippen molar-refractivity contribution in [3.63, 3.8) is 0 Å². The molecule has 1 aromatic heterocycles. The van der Waals surface area contributed by atoms with Gasteiger partial charge in [-0.05, 0) is 35.9 Å². The van der Waals surface area contributed by atoms with Gasteiger partial charge >= 0.3 is 0 Å². The predicted molar refractivity (Wildman–Crippen MR) is 118 cm³/mol. The third kappa shape index (κ3) is 3.24. The molecular formula is C23H21N3O6. The summed E-state index contributed by atoms with van der Waals surface area (Å²) >= 11 is 0. The molecule has 1 aliphatic heterocycles. The Bertz CT molecular complexity index is 1390. The number of methoxy groups -OCH3 is 3. The van der Waals surface area contributed by atoms with Gasteiger partial charge in [0.25, 0.3) is 11.5 Å². The van der Waals surface area contributed by atoms with Crippen molar-refractivity contribution < 1.29 is 23.8 Å². The third-order valence-electron chi connectivity index (χ3n) is 5.32. The summed E-state index contributed by atoms with van der Waals surface area (Å²) in [7, 11) is 6.04. The highest BCUT2D eigenvalue weighted by Gasteiger charge is 2.33. The molecule has 32 heavy (non-hydrogen) atoms. The molecule has 0 atom stereocenters. The number of benzene rings is 2. The smallest absolute Gasteiger partial charge is 0.271 e. The number of ether oxygens (including phenoxy) is 3. The number of fused-ring (bicyclic) bond motifs is 1. The normalized spacial score (nSPS) is 15.6. The first-order valence-electron chi connectivity index (χ1n) is 9.65. The molecule has 4 rings (SSSR count). The molecule has 0 bridgehead atoms. The average molecular weight is 435 g/mol. The maximum absolute atomic E-state index is 13.2. The lowest BCUT2D eigenvalue weighted by atomic mass is 9.95. The van der Waals surface area contributed by atoms with Crippen LogP contribution in [0.15, 0.2) is 41.2 Å². The quantitative estimate of drug-likeness (QED) is 0.619. The molecule has 0 saturated heterocycles. The molecule has 2 N–H and O–H groups in total. The molecule has 0 saturated carbocycles. The molecule has 1 amide bonds. The van der Waals surface area contributed by atoms with Crippen molar-refractivity contribution in [1.82, 2.24) is 10.2 Å². The minimum atomic E-state index is -0.511. The van der Waals surface area contributed by atoms with Crippen LogP contribution in [0.2, 0.25) is 0 Å². The maximum Gasteiger partial charge on any atom is 0.271 e. The highest BCUT2D eigenvalue weighted by Crippen LogP contribution is 2.38. The Balaban J connectivity index is 2.01. The molecule has 0 fully saturated rings. The lowest BCUT2D eigenvalue weighted by molar-refractivity contribution is -0.113. The zero-order chi connectivity index (χ0) is 23.0. The summed E-state index contributed by atoms with van der Waals surface area (Å²) in [5.41, 5.74) is 0.840. The standard InChI is InChI=1S/C23H21N3O6/c1-26-15-8-6-5-7-13(15)20(27)18(23(26)29)19-14(22(28)25-24-19)9-12-10-16(30-2)21(32-4)17(11-12)31-3/h5-11,24H,1-4H3,(H,25,28)/b14-9-,19-18-. The van der Waals surface area contributed by atoms with Crippen molar-refractivity contribution in [2.45, 2.75) is 0 Å².